The van der Waals surface area contributed by atoms with E-state index in [1.54, 1.807) is 13.8 Å². The topological polar surface area (TPSA) is 49.4 Å². The van der Waals surface area contributed by atoms with Gasteiger partial charge in [0.1, 0.15) is 0 Å². The van der Waals surface area contributed by atoms with Crippen molar-refractivity contribution in [2.24, 2.45) is 0 Å². The van der Waals surface area contributed by atoms with E-state index in [9.17, 15) is 8.42 Å². The molecule has 0 saturated carbocycles. The summed E-state index contributed by atoms with van der Waals surface area (Å²) in [5.74, 6) is 0.251. The molecule has 0 radical (unpaired) electrons. The zero-order valence-electron chi connectivity index (χ0n) is 11.3. The summed E-state index contributed by atoms with van der Waals surface area (Å²) in [4.78, 5) is 2.37. The number of nitrogens with one attached hydrogen (secondary N) is 1. The van der Waals surface area contributed by atoms with E-state index < -0.39 is 9.84 Å². The largest absolute Gasteiger partial charge is 0.314 e. The van der Waals surface area contributed by atoms with Crippen LogP contribution in [0.4, 0.5) is 0 Å². The van der Waals surface area contributed by atoms with Gasteiger partial charge in [-0.1, -0.05) is 6.42 Å². The molecule has 1 aliphatic heterocycles. The van der Waals surface area contributed by atoms with Crippen LogP contribution in [0.25, 0.3) is 0 Å². The van der Waals surface area contributed by atoms with E-state index in [4.69, 9.17) is 0 Å². The highest BCUT2D eigenvalue weighted by Gasteiger charge is 2.19. The van der Waals surface area contributed by atoms with Gasteiger partial charge in [-0.3, -0.25) is 0 Å². The van der Waals surface area contributed by atoms with E-state index in [2.05, 4.69) is 17.3 Å². The van der Waals surface area contributed by atoms with E-state index >= 15 is 0 Å². The van der Waals surface area contributed by atoms with Crippen LogP contribution < -0.4 is 5.32 Å². The summed E-state index contributed by atoms with van der Waals surface area (Å²) in [6.07, 6.45) is 3.80. The Balaban J connectivity index is 2.20. The van der Waals surface area contributed by atoms with Crippen LogP contribution in [0.5, 0.6) is 0 Å². The predicted octanol–water partition coefficient (Wildman–Crippen LogP) is 0.884. The molecule has 0 bridgehead atoms. The standard InChI is InChI=1S/C12H26N2O2S/c1-11(2)17(15,16)9-7-13-10-12-6-4-5-8-14(12)3/h11-13H,4-10H2,1-3H3. The summed E-state index contributed by atoms with van der Waals surface area (Å²) in [5.41, 5.74) is 0. The van der Waals surface area contributed by atoms with E-state index in [1.807, 2.05) is 0 Å². The van der Waals surface area contributed by atoms with Gasteiger partial charge in [-0.2, -0.15) is 0 Å². The minimum absolute atomic E-state index is 0.251. The van der Waals surface area contributed by atoms with Crippen LogP contribution in [0.3, 0.4) is 0 Å². The van der Waals surface area contributed by atoms with Crippen LogP contribution in [0.2, 0.25) is 0 Å². The Labute approximate surface area is 106 Å². The molecule has 1 saturated heterocycles. The third-order valence-corrected chi connectivity index (χ3v) is 5.79. The monoisotopic (exact) mass is 262 g/mol. The lowest BCUT2D eigenvalue weighted by molar-refractivity contribution is 0.182. The number of rotatable bonds is 6. The lowest BCUT2D eigenvalue weighted by Crippen LogP contribution is -2.44. The van der Waals surface area contributed by atoms with Gasteiger partial charge in [-0.15, -0.1) is 0 Å². The quantitative estimate of drug-likeness (QED) is 0.722. The Morgan fingerprint density at radius 3 is 2.65 bits per heavy atom. The smallest absolute Gasteiger partial charge is 0.153 e. The molecule has 0 amide bonds. The Hall–Kier alpha value is -0.130. The molecule has 1 fully saturated rings. The van der Waals surface area contributed by atoms with Crippen molar-refractivity contribution in [1.29, 1.82) is 0 Å². The van der Waals surface area contributed by atoms with Crippen molar-refractivity contribution in [3.8, 4) is 0 Å². The molecule has 1 heterocycles. The minimum atomic E-state index is -2.89. The third kappa shape index (κ3) is 4.94. The maximum atomic E-state index is 11.6. The van der Waals surface area contributed by atoms with Gasteiger partial charge in [-0.25, -0.2) is 8.42 Å². The molecule has 1 rings (SSSR count). The number of sulfone groups is 1. The average Bonchev–Trinajstić information content (AvgIpc) is 2.26. The van der Waals surface area contributed by atoms with Crippen LogP contribution in [0.1, 0.15) is 33.1 Å². The first-order valence-corrected chi connectivity index (χ1v) is 8.27. The second-order valence-corrected chi connectivity index (χ2v) is 7.93. The summed E-state index contributed by atoms with van der Waals surface area (Å²) in [7, 11) is -0.742. The minimum Gasteiger partial charge on any atom is -0.314 e. The summed E-state index contributed by atoms with van der Waals surface area (Å²) in [5, 5.41) is 3.01. The first-order chi connectivity index (χ1) is 7.93. The number of likely N-dealkylation sites (N-methyl/N-ethyl adjacent to an activating group) is 1. The van der Waals surface area contributed by atoms with Gasteiger partial charge in [-0.05, 0) is 40.3 Å². The highest BCUT2D eigenvalue weighted by atomic mass is 32.2. The van der Waals surface area contributed by atoms with Crippen LogP contribution in [-0.2, 0) is 9.84 Å². The highest BCUT2D eigenvalue weighted by Crippen LogP contribution is 2.13. The predicted molar refractivity (Wildman–Crippen MR) is 72.1 cm³/mol. The summed E-state index contributed by atoms with van der Waals surface area (Å²) in [6.45, 7) is 6.13. The second-order valence-electron chi connectivity index (χ2n) is 5.25. The van der Waals surface area contributed by atoms with Crippen LogP contribution in [0, 0.1) is 0 Å². The van der Waals surface area contributed by atoms with Crippen LogP contribution >= 0.6 is 0 Å². The van der Waals surface area contributed by atoms with Crippen molar-refractivity contribution in [2.45, 2.75) is 44.4 Å². The fraction of sp³-hybridized carbons (Fsp3) is 1.00. The fourth-order valence-corrected chi connectivity index (χ4v) is 3.02. The van der Waals surface area contributed by atoms with Gasteiger partial charge in [0.15, 0.2) is 9.84 Å². The fourth-order valence-electron chi connectivity index (χ4n) is 2.12. The Morgan fingerprint density at radius 2 is 2.06 bits per heavy atom. The molecule has 1 atom stereocenters. The SMILES string of the molecule is CC(C)S(=O)(=O)CCNCC1CCCCN1C. The number of hydrogen-bond donors (Lipinski definition) is 1. The molecule has 4 nitrogen and oxygen atoms in total. The molecule has 0 aromatic heterocycles. The molecule has 1 N–H and O–H groups in total. The van der Waals surface area contributed by atoms with Gasteiger partial charge in [0, 0.05) is 19.1 Å². The molecule has 0 aromatic rings. The van der Waals surface area contributed by atoms with Crippen LogP contribution in [0.15, 0.2) is 0 Å². The van der Waals surface area contributed by atoms with E-state index in [1.165, 1.54) is 19.3 Å². The lowest BCUT2D eigenvalue weighted by Gasteiger charge is -2.32. The molecule has 1 unspecified atom stereocenters. The van der Waals surface area contributed by atoms with Crippen LogP contribution in [-0.4, -0.2) is 57.0 Å². The maximum absolute atomic E-state index is 11.6. The zero-order valence-corrected chi connectivity index (χ0v) is 12.1. The molecule has 102 valence electrons. The van der Waals surface area contributed by atoms with E-state index in [0.717, 1.165) is 13.1 Å². The summed E-state index contributed by atoms with van der Waals surface area (Å²) < 4.78 is 23.2. The summed E-state index contributed by atoms with van der Waals surface area (Å²) >= 11 is 0. The second kappa shape index (κ2) is 6.71. The van der Waals surface area contributed by atoms with Crippen molar-refractivity contribution in [2.75, 3.05) is 32.4 Å². The van der Waals surface area contributed by atoms with E-state index in [0.29, 0.717) is 12.6 Å². The number of piperidine rings is 1. The first kappa shape index (κ1) is 14.9. The van der Waals surface area contributed by atoms with Gasteiger partial charge < -0.3 is 10.2 Å². The number of nitrogens with zero attached hydrogens (tertiary/aromatic N) is 1. The third-order valence-electron chi connectivity index (χ3n) is 3.58. The Bertz CT molecular complexity index is 314. The van der Waals surface area contributed by atoms with Crippen molar-refractivity contribution >= 4 is 9.84 Å². The first-order valence-electron chi connectivity index (χ1n) is 6.56. The van der Waals surface area contributed by atoms with Gasteiger partial charge in [0.25, 0.3) is 0 Å². The van der Waals surface area contributed by atoms with Crippen molar-refractivity contribution < 1.29 is 8.42 Å². The van der Waals surface area contributed by atoms with Gasteiger partial charge in [0.05, 0.1) is 11.0 Å². The Morgan fingerprint density at radius 1 is 1.35 bits per heavy atom. The molecule has 1 aliphatic rings. The van der Waals surface area contributed by atoms with Gasteiger partial charge >= 0.3 is 0 Å². The number of hydrogen-bond acceptors (Lipinski definition) is 4. The molecule has 5 heteroatoms. The number of likely N-dealkylation sites (tertiary alicyclic amines) is 1. The molecule has 17 heavy (non-hydrogen) atoms. The van der Waals surface area contributed by atoms with Crippen molar-refractivity contribution in [3.05, 3.63) is 0 Å². The maximum Gasteiger partial charge on any atom is 0.153 e. The molecular formula is C12H26N2O2S. The highest BCUT2D eigenvalue weighted by molar-refractivity contribution is 7.92. The lowest BCUT2D eigenvalue weighted by atomic mass is 10.0. The Kier molecular flexibility index (Phi) is 5.89. The molecule has 0 spiro atoms. The molecule has 0 aromatic carbocycles. The van der Waals surface area contributed by atoms with Gasteiger partial charge in [0.2, 0.25) is 0 Å². The average molecular weight is 262 g/mol. The van der Waals surface area contributed by atoms with Crippen molar-refractivity contribution in [3.63, 3.8) is 0 Å². The molecule has 0 aliphatic carbocycles. The van der Waals surface area contributed by atoms with Crippen molar-refractivity contribution in [1.82, 2.24) is 10.2 Å². The summed E-state index contributed by atoms with van der Waals surface area (Å²) in [6, 6.07) is 0.575. The normalized spacial score (nSPS) is 23.2. The molecular weight excluding hydrogens is 236 g/mol. The zero-order chi connectivity index (χ0) is 12.9. The van der Waals surface area contributed by atoms with E-state index in [-0.39, 0.29) is 11.0 Å².